The van der Waals surface area contributed by atoms with Crippen molar-refractivity contribution in [3.05, 3.63) is 46.6 Å². The first-order valence-corrected chi connectivity index (χ1v) is 5.32. The van der Waals surface area contributed by atoms with Gasteiger partial charge in [-0.1, -0.05) is 15.9 Å². The minimum Gasteiger partial charge on any atom is -0.437 e. The van der Waals surface area contributed by atoms with Gasteiger partial charge in [-0.3, -0.25) is 0 Å². The van der Waals surface area contributed by atoms with Gasteiger partial charge in [-0.15, -0.1) is 0 Å². The molecule has 1 heterocycles. The molecule has 0 unspecified atom stereocenters. The zero-order valence-electron chi connectivity index (χ0n) is 8.39. The van der Waals surface area contributed by atoms with Gasteiger partial charge in [-0.25, -0.2) is 14.4 Å². The number of nitrogens with zero attached hydrogens (tertiary/aromatic N) is 3. The SMILES string of the molecule is N#Cc1cncnc1Oc1cc(F)cc(Br)c1. The van der Waals surface area contributed by atoms with Gasteiger partial charge in [0.25, 0.3) is 0 Å². The first-order chi connectivity index (χ1) is 8.19. The maximum atomic E-state index is 13.1. The lowest BCUT2D eigenvalue weighted by Gasteiger charge is -2.05. The van der Waals surface area contributed by atoms with Crippen LogP contribution in [0.2, 0.25) is 0 Å². The van der Waals surface area contributed by atoms with Crippen molar-refractivity contribution in [2.75, 3.05) is 0 Å². The van der Waals surface area contributed by atoms with Crippen LogP contribution in [0.3, 0.4) is 0 Å². The first kappa shape index (κ1) is 11.5. The molecule has 0 spiro atoms. The lowest BCUT2D eigenvalue weighted by Crippen LogP contribution is -1.93. The van der Waals surface area contributed by atoms with E-state index in [9.17, 15) is 4.39 Å². The Morgan fingerprint density at radius 2 is 2.18 bits per heavy atom. The van der Waals surface area contributed by atoms with Crippen molar-refractivity contribution in [1.82, 2.24) is 9.97 Å². The molecule has 0 fully saturated rings. The number of benzene rings is 1. The molecule has 0 amide bonds. The number of hydrogen-bond donors (Lipinski definition) is 0. The summed E-state index contributed by atoms with van der Waals surface area (Å²) in [6.07, 6.45) is 2.58. The summed E-state index contributed by atoms with van der Waals surface area (Å²) in [5, 5.41) is 8.81. The second kappa shape index (κ2) is 4.89. The fraction of sp³-hybridized carbons (Fsp3) is 0. The van der Waals surface area contributed by atoms with Gasteiger partial charge in [-0.2, -0.15) is 5.26 Å². The van der Waals surface area contributed by atoms with Crippen molar-refractivity contribution in [2.45, 2.75) is 0 Å². The molecule has 0 aliphatic carbocycles. The van der Waals surface area contributed by atoms with Crippen LogP contribution < -0.4 is 4.74 Å². The summed E-state index contributed by atoms with van der Waals surface area (Å²) in [7, 11) is 0. The van der Waals surface area contributed by atoms with Crippen LogP contribution in [0.25, 0.3) is 0 Å². The van der Waals surface area contributed by atoms with E-state index in [4.69, 9.17) is 10.00 Å². The standard InChI is InChI=1S/C11H5BrFN3O/c12-8-1-9(13)3-10(2-8)17-11-7(4-14)5-15-6-16-11/h1-3,5-6H. The van der Waals surface area contributed by atoms with Crippen molar-refractivity contribution >= 4 is 15.9 Å². The molecule has 4 nitrogen and oxygen atoms in total. The largest absolute Gasteiger partial charge is 0.437 e. The third-order valence-corrected chi connectivity index (χ3v) is 2.30. The molecule has 0 saturated heterocycles. The number of aromatic nitrogens is 2. The van der Waals surface area contributed by atoms with Gasteiger partial charge >= 0.3 is 0 Å². The highest BCUT2D eigenvalue weighted by atomic mass is 79.9. The van der Waals surface area contributed by atoms with Crippen LogP contribution >= 0.6 is 15.9 Å². The average molecular weight is 294 g/mol. The molecule has 0 N–H and O–H groups in total. The fourth-order valence-corrected chi connectivity index (χ4v) is 1.62. The normalized spacial score (nSPS) is 9.71. The van der Waals surface area contributed by atoms with Crippen molar-refractivity contribution in [2.24, 2.45) is 0 Å². The molecule has 0 saturated carbocycles. The van der Waals surface area contributed by atoms with E-state index in [1.807, 2.05) is 6.07 Å². The van der Waals surface area contributed by atoms with Crippen molar-refractivity contribution in [3.63, 3.8) is 0 Å². The van der Waals surface area contributed by atoms with Gasteiger partial charge in [0.1, 0.15) is 29.5 Å². The number of nitriles is 1. The summed E-state index contributed by atoms with van der Waals surface area (Å²) in [5.41, 5.74) is 0.188. The van der Waals surface area contributed by atoms with E-state index in [1.54, 1.807) is 6.07 Å². The van der Waals surface area contributed by atoms with Crippen LogP contribution in [0.15, 0.2) is 35.2 Å². The summed E-state index contributed by atoms with van der Waals surface area (Å²) < 4.78 is 19.0. The van der Waals surface area contributed by atoms with Gasteiger partial charge in [0.05, 0.1) is 6.20 Å². The molecule has 0 radical (unpaired) electrons. The Balaban J connectivity index is 2.35. The maximum absolute atomic E-state index is 13.1. The Hall–Kier alpha value is -2.00. The van der Waals surface area contributed by atoms with Gasteiger partial charge < -0.3 is 4.74 Å². The Morgan fingerprint density at radius 1 is 1.35 bits per heavy atom. The molecule has 84 valence electrons. The molecule has 1 aromatic heterocycles. The second-order valence-electron chi connectivity index (χ2n) is 3.06. The molecule has 0 bridgehead atoms. The molecule has 17 heavy (non-hydrogen) atoms. The highest BCUT2D eigenvalue weighted by molar-refractivity contribution is 9.10. The predicted octanol–water partition coefficient (Wildman–Crippen LogP) is 3.04. The lowest BCUT2D eigenvalue weighted by atomic mass is 10.3. The Bertz CT molecular complexity index is 577. The van der Waals surface area contributed by atoms with Gasteiger partial charge in [0, 0.05) is 10.5 Å². The summed E-state index contributed by atoms with van der Waals surface area (Å²) in [5.74, 6) is -0.0889. The van der Waals surface area contributed by atoms with E-state index < -0.39 is 5.82 Å². The van der Waals surface area contributed by atoms with E-state index in [0.717, 1.165) is 0 Å². The topological polar surface area (TPSA) is 58.8 Å². The number of halogens is 2. The molecular formula is C11H5BrFN3O. The summed E-state index contributed by atoms with van der Waals surface area (Å²) >= 11 is 3.14. The van der Waals surface area contributed by atoms with Crippen LogP contribution in [0.5, 0.6) is 11.6 Å². The molecule has 0 atom stereocenters. The summed E-state index contributed by atoms with van der Waals surface area (Å²) in [6.45, 7) is 0. The monoisotopic (exact) mass is 293 g/mol. The summed E-state index contributed by atoms with van der Waals surface area (Å²) in [6, 6.07) is 5.97. The highest BCUT2D eigenvalue weighted by Gasteiger charge is 2.07. The minimum absolute atomic E-state index is 0.0972. The van der Waals surface area contributed by atoms with E-state index >= 15 is 0 Å². The third-order valence-electron chi connectivity index (χ3n) is 1.85. The molecule has 1 aromatic carbocycles. The Kier molecular flexibility index (Phi) is 3.30. The van der Waals surface area contributed by atoms with Gasteiger partial charge in [-0.05, 0) is 12.1 Å². The molecule has 6 heteroatoms. The van der Waals surface area contributed by atoms with Crippen LogP contribution in [-0.4, -0.2) is 9.97 Å². The fourth-order valence-electron chi connectivity index (χ4n) is 1.18. The number of rotatable bonds is 2. The molecule has 2 aromatic rings. The van der Waals surface area contributed by atoms with E-state index in [-0.39, 0.29) is 17.2 Å². The first-order valence-electron chi connectivity index (χ1n) is 4.53. The van der Waals surface area contributed by atoms with Crippen LogP contribution in [-0.2, 0) is 0 Å². The highest BCUT2D eigenvalue weighted by Crippen LogP contribution is 2.26. The van der Waals surface area contributed by atoms with Gasteiger partial charge in [0.2, 0.25) is 5.88 Å². The second-order valence-corrected chi connectivity index (χ2v) is 3.98. The zero-order chi connectivity index (χ0) is 12.3. The Morgan fingerprint density at radius 3 is 2.88 bits per heavy atom. The van der Waals surface area contributed by atoms with Crippen LogP contribution in [0.4, 0.5) is 4.39 Å². The maximum Gasteiger partial charge on any atom is 0.240 e. The van der Waals surface area contributed by atoms with E-state index in [1.165, 1.54) is 24.7 Å². The minimum atomic E-state index is -0.443. The van der Waals surface area contributed by atoms with Crippen LogP contribution in [0, 0.1) is 17.1 Å². The lowest BCUT2D eigenvalue weighted by molar-refractivity contribution is 0.454. The van der Waals surface area contributed by atoms with E-state index in [0.29, 0.717) is 4.47 Å². The molecule has 0 aliphatic heterocycles. The zero-order valence-corrected chi connectivity index (χ0v) is 9.98. The molecule has 0 aliphatic rings. The van der Waals surface area contributed by atoms with Crippen molar-refractivity contribution < 1.29 is 9.13 Å². The third kappa shape index (κ3) is 2.77. The number of hydrogen-bond acceptors (Lipinski definition) is 4. The van der Waals surface area contributed by atoms with Crippen molar-refractivity contribution in [1.29, 1.82) is 5.26 Å². The average Bonchev–Trinajstić information content (AvgIpc) is 2.28. The molecular weight excluding hydrogens is 289 g/mol. The van der Waals surface area contributed by atoms with Crippen LogP contribution in [0.1, 0.15) is 5.56 Å². The molecule has 2 rings (SSSR count). The predicted molar refractivity (Wildman–Crippen MR) is 60.9 cm³/mol. The van der Waals surface area contributed by atoms with Crippen molar-refractivity contribution in [3.8, 4) is 17.7 Å². The number of ether oxygens (including phenoxy) is 1. The van der Waals surface area contributed by atoms with Gasteiger partial charge in [0.15, 0.2) is 0 Å². The quantitative estimate of drug-likeness (QED) is 0.854. The summed E-state index contributed by atoms with van der Waals surface area (Å²) in [4.78, 5) is 7.51. The Labute approximate surface area is 105 Å². The van der Waals surface area contributed by atoms with E-state index in [2.05, 4.69) is 25.9 Å². The smallest absolute Gasteiger partial charge is 0.240 e.